The summed E-state index contributed by atoms with van der Waals surface area (Å²) in [4.78, 5) is 28.7. The molecule has 0 unspecified atom stereocenters. The Morgan fingerprint density at radius 1 is 1.04 bits per heavy atom. The van der Waals surface area contributed by atoms with E-state index in [1.54, 1.807) is 19.1 Å². The Bertz CT molecular complexity index is 971. The van der Waals surface area contributed by atoms with Gasteiger partial charge in [-0.15, -0.1) is 0 Å². The third kappa shape index (κ3) is 3.57. The molecule has 25 heavy (non-hydrogen) atoms. The number of hydrogen-bond donors (Lipinski definition) is 3. The van der Waals surface area contributed by atoms with Gasteiger partial charge in [0.15, 0.2) is 0 Å². The fourth-order valence-electron chi connectivity index (χ4n) is 2.50. The van der Waals surface area contributed by atoms with Crippen LogP contribution in [-0.4, -0.2) is 15.9 Å². The Kier molecular flexibility index (Phi) is 4.12. The van der Waals surface area contributed by atoms with Crippen molar-refractivity contribution in [1.82, 2.24) is 15.3 Å². The Balaban J connectivity index is 1.75. The normalized spacial score (nSPS) is 13.0. The lowest BCUT2D eigenvalue weighted by Gasteiger charge is -2.15. The average molecular weight is 349 g/mol. The Hall–Kier alpha value is -3.03. The maximum Gasteiger partial charge on any atom is 0.416 e. The highest BCUT2D eigenvalue weighted by atomic mass is 19.4. The summed E-state index contributed by atoms with van der Waals surface area (Å²) in [6.07, 6.45) is -4.39. The van der Waals surface area contributed by atoms with Gasteiger partial charge in [0.25, 0.3) is 5.91 Å². The van der Waals surface area contributed by atoms with Crippen LogP contribution in [0.2, 0.25) is 0 Å². The molecular weight excluding hydrogens is 335 g/mol. The Morgan fingerprint density at radius 2 is 1.68 bits per heavy atom. The monoisotopic (exact) mass is 349 g/mol. The maximum absolute atomic E-state index is 12.6. The molecule has 3 rings (SSSR count). The molecule has 0 fully saturated rings. The molecule has 0 aliphatic rings. The summed E-state index contributed by atoms with van der Waals surface area (Å²) < 4.78 is 37.8. The number of nitrogens with one attached hydrogen (secondary N) is 3. The molecule has 1 heterocycles. The van der Waals surface area contributed by atoms with Crippen LogP contribution in [0.4, 0.5) is 13.2 Å². The van der Waals surface area contributed by atoms with E-state index in [-0.39, 0.29) is 5.69 Å². The van der Waals surface area contributed by atoms with Crippen molar-refractivity contribution in [3.63, 3.8) is 0 Å². The van der Waals surface area contributed by atoms with Gasteiger partial charge in [0, 0.05) is 5.56 Å². The first-order chi connectivity index (χ1) is 11.7. The highest BCUT2D eigenvalue weighted by molar-refractivity contribution is 5.97. The minimum Gasteiger partial charge on any atom is -0.346 e. The fraction of sp³-hybridized carbons (Fsp3) is 0.176. The summed E-state index contributed by atoms with van der Waals surface area (Å²) in [6.45, 7) is 1.68. The fourth-order valence-corrected chi connectivity index (χ4v) is 2.50. The SMILES string of the molecule is C[C@H](NC(=O)c1ccc2[nH]c(=O)[nH]c2c1)c1ccc(C(F)(F)F)cc1. The van der Waals surface area contributed by atoms with Crippen LogP contribution in [0.1, 0.15) is 34.5 Å². The predicted molar refractivity (Wildman–Crippen MR) is 86.2 cm³/mol. The number of rotatable bonds is 3. The van der Waals surface area contributed by atoms with E-state index < -0.39 is 23.7 Å². The lowest BCUT2D eigenvalue weighted by Crippen LogP contribution is -2.26. The van der Waals surface area contributed by atoms with Gasteiger partial charge in [-0.3, -0.25) is 4.79 Å². The number of hydrogen-bond acceptors (Lipinski definition) is 2. The van der Waals surface area contributed by atoms with Crippen molar-refractivity contribution in [2.75, 3.05) is 0 Å². The number of alkyl halides is 3. The molecular formula is C17H14F3N3O2. The number of imidazole rings is 1. The number of carbonyl (C=O) groups excluding carboxylic acids is 1. The van der Waals surface area contributed by atoms with Crippen LogP contribution in [0.3, 0.4) is 0 Å². The van der Waals surface area contributed by atoms with E-state index in [0.29, 0.717) is 22.2 Å². The molecule has 0 aliphatic heterocycles. The first-order valence-electron chi connectivity index (χ1n) is 7.44. The summed E-state index contributed by atoms with van der Waals surface area (Å²) in [5.41, 5.74) is 0.860. The number of halogens is 3. The van der Waals surface area contributed by atoms with Crippen molar-refractivity contribution < 1.29 is 18.0 Å². The first-order valence-corrected chi connectivity index (χ1v) is 7.44. The highest BCUT2D eigenvalue weighted by Gasteiger charge is 2.30. The molecule has 130 valence electrons. The molecule has 0 aliphatic carbocycles. The summed E-state index contributed by atoms with van der Waals surface area (Å²) in [6, 6.07) is 8.84. The molecule has 0 bridgehead atoms. The summed E-state index contributed by atoms with van der Waals surface area (Å²) >= 11 is 0. The first kappa shape index (κ1) is 16.8. The third-order valence-electron chi connectivity index (χ3n) is 3.86. The zero-order valence-corrected chi connectivity index (χ0v) is 13.1. The molecule has 1 aromatic heterocycles. The molecule has 1 amide bonds. The number of H-pyrrole nitrogens is 2. The maximum atomic E-state index is 12.6. The molecule has 2 aromatic carbocycles. The molecule has 0 saturated carbocycles. The second-order valence-electron chi connectivity index (χ2n) is 5.65. The molecule has 3 N–H and O–H groups in total. The minimum atomic E-state index is -4.39. The van der Waals surface area contributed by atoms with Gasteiger partial charge >= 0.3 is 11.9 Å². The zero-order chi connectivity index (χ0) is 18.2. The Labute approximate surface area is 139 Å². The molecule has 8 heteroatoms. The van der Waals surface area contributed by atoms with Crippen molar-refractivity contribution >= 4 is 16.9 Å². The van der Waals surface area contributed by atoms with E-state index >= 15 is 0 Å². The highest BCUT2D eigenvalue weighted by Crippen LogP contribution is 2.29. The van der Waals surface area contributed by atoms with Gasteiger partial charge in [-0.2, -0.15) is 13.2 Å². The van der Waals surface area contributed by atoms with E-state index in [4.69, 9.17) is 0 Å². The van der Waals surface area contributed by atoms with Gasteiger partial charge in [0.1, 0.15) is 0 Å². The van der Waals surface area contributed by atoms with Crippen LogP contribution in [-0.2, 0) is 6.18 Å². The van der Waals surface area contributed by atoms with E-state index in [9.17, 15) is 22.8 Å². The van der Waals surface area contributed by atoms with Gasteiger partial charge < -0.3 is 15.3 Å². The van der Waals surface area contributed by atoms with Gasteiger partial charge in [-0.05, 0) is 42.8 Å². The van der Waals surface area contributed by atoms with Crippen molar-refractivity contribution in [3.8, 4) is 0 Å². The second-order valence-corrected chi connectivity index (χ2v) is 5.65. The van der Waals surface area contributed by atoms with Crippen LogP contribution >= 0.6 is 0 Å². The number of amides is 1. The zero-order valence-electron chi connectivity index (χ0n) is 13.1. The van der Waals surface area contributed by atoms with Crippen molar-refractivity contribution in [2.45, 2.75) is 19.1 Å². The lowest BCUT2D eigenvalue weighted by atomic mass is 10.1. The van der Waals surface area contributed by atoms with Gasteiger partial charge in [0.05, 0.1) is 22.6 Å². The molecule has 0 radical (unpaired) electrons. The molecule has 1 atom stereocenters. The van der Waals surface area contributed by atoms with E-state index in [1.165, 1.54) is 18.2 Å². The lowest BCUT2D eigenvalue weighted by molar-refractivity contribution is -0.137. The molecule has 5 nitrogen and oxygen atoms in total. The topological polar surface area (TPSA) is 77.8 Å². The number of aromatic nitrogens is 2. The Morgan fingerprint density at radius 3 is 2.32 bits per heavy atom. The third-order valence-corrected chi connectivity index (χ3v) is 3.86. The summed E-state index contributed by atoms with van der Waals surface area (Å²) in [5.74, 6) is -0.392. The quantitative estimate of drug-likeness (QED) is 0.678. The van der Waals surface area contributed by atoms with Crippen LogP contribution in [0.15, 0.2) is 47.3 Å². The number of benzene rings is 2. The van der Waals surface area contributed by atoms with E-state index in [0.717, 1.165) is 12.1 Å². The van der Waals surface area contributed by atoms with Crippen LogP contribution in [0.5, 0.6) is 0 Å². The van der Waals surface area contributed by atoms with Crippen molar-refractivity contribution in [3.05, 3.63) is 69.6 Å². The number of fused-ring (bicyclic) bond motifs is 1. The van der Waals surface area contributed by atoms with Crippen LogP contribution in [0.25, 0.3) is 11.0 Å². The molecule has 0 spiro atoms. The predicted octanol–water partition coefficient (Wildman–Crippen LogP) is 3.37. The summed E-state index contributed by atoms with van der Waals surface area (Å²) in [7, 11) is 0. The van der Waals surface area contributed by atoms with Gasteiger partial charge in [0.2, 0.25) is 0 Å². The molecule has 0 saturated heterocycles. The van der Waals surface area contributed by atoms with Crippen molar-refractivity contribution in [2.24, 2.45) is 0 Å². The van der Waals surface area contributed by atoms with Crippen LogP contribution in [0, 0.1) is 0 Å². The van der Waals surface area contributed by atoms with Crippen LogP contribution < -0.4 is 11.0 Å². The van der Waals surface area contributed by atoms with E-state index in [1.807, 2.05) is 0 Å². The molecule has 3 aromatic rings. The average Bonchev–Trinajstić information content (AvgIpc) is 2.93. The van der Waals surface area contributed by atoms with Gasteiger partial charge in [-0.1, -0.05) is 12.1 Å². The summed E-state index contributed by atoms with van der Waals surface area (Å²) in [5, 5.41) is 2.72. The largest absolute Gasteiger partial charge is 0.416 e. The smallest absolute Gasteiger partial charge is 0.346 e. The van der Waals surface area contributed by atoms with Gasteiger partial charge in [-0.25, -0.2) is 4.79 Å². The standard InChI is InChI=1S/C17H14F3N3O2/c1-9(10-2-5-12(6-3-10)17(18,19)20)21-15(24)11-4-7-13-14(8-11)23-16(25)22-13/h2-9H,1H3,(H,21,24)(H2,22,23,25)/t9-/m0/s1. The van der Waals surface area contributed by atoms with E-state index in [2.05, 4.69) is 15.3 Å². The number of carbonyl (C=O) groups is 1. The minimum absolute atomic E-state index is 0.335. The second kappa shape index (κ2) is 6.12. The van der Waals surface area contributed by atoms with Crippen molar-refractivity contribution in [1.29, 1.82) is 0 Å². The number of aromatic amines is 2.